The smallest absolute Gasteiger partial charge is 0.352 e. The summed E-state index contributed by atoms with van der Waals surface area (Å²) in [7, 11) is 0. The summed E-state index contributed by atoms with van der Waals surface area (Å²) in [5.74, 6) is -0.503. The molecule has 0 saturated heterocycles. The number of nitrogens with zero attached hydrogens (tertiary/aromatic N) is 4. The lowest BCUT2D eigenvalue weighted by atomic mass is 9.93. The number of carboxylic acid groups (broad SMARTS) is 1. The lowest BCUT2D eigenvalue weighted by Gasteiger charge is -2.19. The molecular formula is C21H21N5O3. The zero-order valence-corrected chi connectivity index (χ0v) is 16.4. The molecule has 0 aliphatic carbocycles. The van der Waals surface area contributed by atoms with Gasteiger partial charge in [-0.05, 0) is 56.2 Å². The Hall–Kier alpha value is -3.68. The second-order valence-electron chi connectivity index (χ2n) is 7.37. The summed E-state index contributed by atoms with van der Waals surface area (Å²) in [6, 6.07) is 8.89. The molecule has 8 nitrogen and oxygen atoms in total. The second kappa shape index (κ2) is 6.73. The number of hydrogen-bond donors (Lipinski definition) is 2. The molecule has 3 heterocycles. The zero-order valence-electron chi connectivity index (χ0n) is 16.4. The Kier molecular flexibility index (Phi) is 4.34. The number of benzene rings is 1. The fourth-order valence-electron chi connectivity index (χ4n) is 3.60. The van der Waals surface area contributed by atoms with Crippen molar-refractivity contribution in [3.63, 3.8) is 0 Å². The number of nitrogens with one attached hydrogen (secondary N) is 1. The molecule has 2 aromatic heterocycles. The van der Waals surface area contributed by atoms with E-state index in [4.69, 9.17) is 0 Å². The van der Waals surface area contributed by atoms with Crippen molar-refractivity contribution in [2.75, 3.05) is 11.6 Å². The molecule has 1 aromatic carbocycles. The summed E-state index contributed by atoms with van der Waals surface area (Å²) in [6.45, 7) is 6.42. The molecular weight excluding hydrogens is 370 g/mol. The van der Waals surface area contributed by atoms with E-state index < -0.39 is 11.5 Å². The number of carboxylic acids is 1. The number of rotatable bonds is 5. The van der Waals surface area contributed by atoms with Gasteiger partial charge in [-0.25, -0.2) is 14.8 Å². The fraction of sp³-hybridized carbons (Fsp3) is 0.238. The van der Waals surface area contributed by atoms with Gasteiger partial charge in [-0.3, -0.25) is 4.79 Å². The van der Waals surface area contributed by atoms with E-state index in [1.165, 1.54) is 0 Å². The van der Waals surface area contributed by atoms with Gasteiger partial charge in [-0.2, -0.15) is 5.10 Å². The summed E-state index contributed by atoms with van der Waals surface area (Å²) in [6.07, 6.45) is 4.89. The van der Waals surface area contributed by atoms with Crippen molar-refractivity contribution in [3.05, 3.63) is 65.1 Å². The number of carbonyl (C=O) groups is 2. The van der Waals surface area contributed by atoms with Crippen LogP contribution in [0.1, 0.15) is 52.7 Å². The molecule has 1 aliphatic heterocycles. The zero-order chi connectivity index (χ0) is 20.8. The Morgan fingerprint density at radius 1 is 1.34 bits per heavy atom. The van der Waals surface area contributed by atoms with Crippen LogP contribution in [-0.2, 0) is 5.54 Å². The highest BCUT2D eigenvalue weighted by Gasteiger charge is 2.34. The topological polar surface area (TPSA) is 99.3 Å². The standard InChI is InChI=1S/C21H21N5O3/c1-4-26(18-16-7-8-17(20(28)29)25(16)10-9-22-18)23-12-13-5-6-14-15(11-13)21(2,3)24-19(14)27/h5-12H,4H2,1-3H3,(H,24,27)(H,28,29)/b23-12+. The number of hydrazone groups is 1. The highest BCUT2D eigenvalue weighted by molar-refractivity contribution is 6.00. The molecule has 4 rings (SSSR count). The maximum Gasteiger partial charge on any atom is 0.352 e. The van der Waals surface area contributed by atoms with Crippen LogP contribution in [0.4, 0.5) is 5.82 Å². The molecule has 0 radical (unpaired) electrons. The van der Waals surface area contributed by atoms with E-state index in [9.17, 15) is 14.7 Å². The first kappa shape index (κ1) is 18.7. The first-order valence-electron chi connectivity index (χ1n) is 9.29. The minimum atomic E-state index is -1.00. The largest absolute Gasteiger partial charge is 0.477 e. The third kappa shape index (κ3) is 3.12. The van der Waals surface area contributed by atoms with Crippen molar-refractivity contribution in [1.29, 1.82) is 0 Å². The highest BCUT2D eigenvalue weighted by atomic mass is 16.4. The minimum Gasteiger partial charge on any atom is -0.477 e. The summed E-state index contributed by atoms with van der Waals surface area (Å²) in [5, 5.41) is 18.6. The van der Waals surface area contributed by atoms with Gasteiger partial charge in [0.25, 0.3) is 5.91 Å². The van der Waals surface area contributed by atoms with Gasteiger partial charge in [-0.15, -0.1) is 0 Å². The predicted molar refractivity (Wildman–Crippen MR) is 110 cm³/mol. The molecule has 0 unspecified atom stereocenters. The highest BCUT2D eigenvalue weighted by Crippen LogP contribution is 2.31. The maximum absolute atomic E-state index is 12.1. The molecule has 0 fully saturated rings. The van der Waals surface area contributed by atoms with Crippen LogP contribution in [0.25, 0.3) is 5.52 Å². The fourth-order valence-corrected chi connectivity index (χ4v) is 3.60. The summed E-state index contributed by atoms with van der Waals surface area (Å²) in [5.41, 5.74) is 2.89. The number of fused-ring (bicyclic) bond motifs is 2. The predicted octanol–water partition coefficient (Wildman–Crippen LogP) is 2.87. The number of anilines is 1. The van der Waals surface area contributed by atoms with Crippen LogP contribution < -0.4 is 10.3 Å². The molecule has 8 heteroatoms. The molecule has 148 valence electrons. The van der Waals surface area contributed by atoms with Crippen LogP contribution in [0.3, 0.4) is 0 Å². The molecule has 0 bridgehead atoms. The van der Waals surface area contributed by atoms with E-state index in [-0.39, 0.29) is 11.6 Å². The SMILES string of the molecule is CCN(/N=C/c1ccc2c(c1)C(C)(C)NC2=O)c1nccn2c(C(=O)O)ccc12. The third-order valence-corrected chi connectivity index (χ3v) is 5.06. The Bertz CT molecular complexity index is 1160. The van der Waals surface area contributed by atoms with Crippen LogP contribution in [0.2, 0.25) is 0 Å². The van der Waals surface area contributed by atoms with Gasteiger partial charge < -0.3 is 14.8 Å². The van der Waals surface area contributed by atoms with Gasteiger partial charge in [0.05, 0.1) is 17.3 Å². The van der Waals surface area contributed by atoms with E-state index in [1.54, 1.807) is 40.2 Å². The Morgan fingerprint density at radius 2 is 2.14 bits per heavy atom. The van der Waals surface area contributed by atoms with Gasteiger partial charge in [0.2, 0.25) is 0 Å². The molecule has 29 heavy (non-hydrogen) atoms. The van der Waals surface area contributed by atoms with Gasteiger partial charge in [0.1, 0.15) is 5.69 Å². The Balaban J connectivity index is 1.69. The van der Waals surface area contributed by atoms with E-state index in [0.717, 1.165) is 11.1 Å². The van der Waals surface area contributed by atoms with Crippen LogP contribution in [-0.4, -0.2) is 39.1 Å². The molecule has 1 aliphatic rings. The quantitative estimate of drug-likeness (QED) is 0.515. The number of aromatic nitrogens is 2. The first-order chi connectivity index (χ1) is 13.8. The number of amides is 1. The first-order valence-corrected chi connectivity index (χ1v) is 9.29. The van der Waals surface area contributed by atoms with Gasteiger partial charge in [0.15, 0.2) is 5.82 Å². The Morgan fingerprint density at radius 3 is 2.86 bits per heavy atom. The lowest BCUT2D eigenvalue weighted by molar-refractivity contribution is 0.0689. The van der Waals surface area contributed by atoms with Crippen LogP contribution in [0.15, 0.2) is 47.8 Å². The normalized spacial score (nSPS) is 14.9. The van der Waals surface area contributed by atoms with Gasteiger partial charge in [-0.1, -0.05) is 6.07 Å². The van der Waals surface area contributed by atoms with Crippen molar-refractivity contribution in [2.45, 2.75) is 26.3 Å². The average molecular weight is 391 g/mol. The minimum absolute atomic E-state index is 0.0676. The monoisotopic (exact) mass is 391 g/mol. The molecule has 2 N–H and O–H groups in total. The molecule has 0 atom stereocenters. The van der Waals surface area contributed by atoms with Crippen LogP contribution >= 0.6 is 0 Å². The maximum atomic E-state index is 12.1. The number of carbonyl (C=O) groups excluding carboxylic acids is 1. The van der Waals surface area contributed by atoms with E-state index in [1.807, 2.05) is 39.0 Å². The van der Waals surface area contributed by atoms with E-state index in [2.05, 4.69) is 15.4 Å². The lowest BCUT2D eigenvalue weighted by Crippen LogP contribution is -2.32. The summed E-state index contributed by atoms with van der Waals surface area (Å²) in [4.78, 5) is 27.8. The molecule has 0 saturated carbocycles. The van der Waals surface area contributed by atoms with E-state index >= 15 is 0 Å². The number of aromatic carboxylic acids is 1. The van der Waals surface area contributed by atoms with Crippen molar-refractivity contribution >= 4 is 29.4 Å². The molecule has 1 amide bonds. The van der Waals surface area contributed by atoms with Crippen molar-refractivity contribution < 1.29 is 14.7 Å². The van der Waals surface area contributed by atoms with Crippen LogP contribution in [0.5, 0.6) is 0 Å². The van der Waals surface area contributed by atoms with Gasteiger partial charge >= 0.3 is 5.97 Å². The third-order valence-electron chi connectivity index (χ3n) is 5.06. The molecule has 0 spiro atoms. The summed E-state index contributed by atoms with van der Waals surface area (Å²) >= 11 is 0. The van der Waals surface area contributed by atoms with Crippen molar-refractivity contribution in [2.24, 2.45) is 5.10 Å². The average Bonchev–Trinajstić information content (AvgIpc) is 3.21. The van der Waals surface area contributed by atoms with Gasteiger partial charge in [0, 0.05) is 24.5 Å². The molecule has 3 aromatic rings. The summed E-state index contributed by atoms with van der Waals surface area (Å²) < 4.78 is 1.58. The Labute approximate surface area is 167 Å². The van der Waals surface area contributed by atoms with Crippen molar-refractivity contribution in [1.82, 2.24) is 14.7 Å². The van der Waals surface area contributed by atoms with Crippen molar-refractivity contribution in [3.8, 4) is 0 Å². The van der Waals surface area contributed by atoms with Crippen LogP contribution in [0, 0.1) is 0 Å². The second-order valence-corrected chi connectivity index (χ2v) is 7.37. The number of hydrogen-bond acceptors (Lipinski definition) is 5. The van der Waals surface area contributed by atoms with E-state index in [0.29, 0.717) is 23.4 Å².